The van der Waals surface area contributed by atoms with E-state index < -0.39 is 0 Å². The molecule has 1 aliphatic rings. The third-order valence-electron chi connectivity index (χ3n) is 4.33. The third-order valence-corrected chi connectivity index (χ3v) is 4.33. The summed E-state index contributed by atoms with van der Waals surface area (Å²) < 4.78 is 4.94. The van der Waals surface area contributed by atoms with Crippen molar-refractivity contribution in [3.63, 3.8) is 0 Å². The zero-order chi connectivity index (χ0) is 17.4. The summed E-state index contributed by atoms with van der Waals surface area (Å²) >= 11 is 0. The van der Waals surface area contributed by atoms with Crippen molar-refractivity contribution in [3.05, 3.63) is 35.4 Å². The smallest absolute Gasteiger partial charge is 0.251 e. The highest BCUT2D eigenvalue weighted by Crippen LogP contribution is 2.13. The zero-order valence-corrected chi connectivity index (χ0v) is 15.7. The molecule has 0 spiro atoms. The molecule has 2 N–H and O–H groups in total. The van der Waals surface area contributed by atoms with Crippen LogP contribution in [0.2, 0.25) is 0 Å². The van der Waals surface area contributed by atoms with E-state index in [-0.39, 0.29) is 30.3 Å². The first-order valence-electron chi connectivity index (χ1n) is 8.45. The number of nitrogens with one attached hydrogen (secondary N) is 2. The Morgan fingerprint density at radius 2 is 1.92 bits per heavy atom. The Bertz CT molecular complexity index is 560. The van der Waals surface area contributed by atoms with Crippen LogP contribution < -0.4 is 10.6 Å². The van der Waals surface area contributed by atoms with E-state index in [9.17, 15) is 9.59 Å². The Morgan fingerprint density at radius 3 is 2.56 bits per heavy atom. The summed E-state index contributed by atoms with van der Waals surface area (Å²) in [5.74, 6) is 0.0777. The van der Waals surface area contributed by atoms with Gasteiger partial charge in [0.1, 0.15) is 0 Å². The summed E-state index contributed by atoms with van der Waals surface area (Å²) in [6, 6.07) is 7.71. The van der Waals surface area contributed by atoms with E-state index >= 15 is 0 Å². The highest BCUT2D eigenvalue weighted by Gasteiger charge is 2.24. The maximum atomic E-state index is 12.3. The van der Waals surface area contributed by atoms with Gasteiger partial charge < -0.3 is 20.3 Å². The normalized spacial score (nSPS) is 14.7. The van der Waals surface area contributed by atoms with Gasteiger partial charge in [0.2, 0.25) is 5.91 Å². The number of rotatable bonds is 7. The molecule has 0 aliphatic carbocycles. The average Bonchev–Trinajstić information content (AvgIpc) is 2.59. The molecule has 0 atom stereocenters. The molecule has 6 nitrogen and oxygen atoms in total. The topological polar surface area (TPSA) is 70.7 Å². The number of methoxy groups -OCH3 is 1. The Labute approximate surface area is 155 Å². The van der Waals surface area contributed by atoms with E-state index in [4.69, 9.17) is 4.74 Å². The van der Waals surface area contributed by atoms with Crippen LogP contribution in [0.25, 0.3) is 0 Å². The van der Waals surface area contributed by atoms with Gasteiger partial charge in [0.05, 0.1) is 13.2 Å². The lowest BCUT2D eigenvalue weighted by Crippen LogP contribution is -2.48. The maximum absolute atomic E-state index is 12.3. The number of likely N-dealkylation sites (tertiary alicyclic amines) is 1. The minimum Gasteiger partial charge on any atom is -0.383 e. The Balaban J connectivity index is 0.00000312. The lowest BCUT2D eigenvalue weighted by Gasteiger charge is -2.32. The summed E-state index contributed by atoms with van der Waals surface area (Å²) in [5.41, 5.74) is 1.70. The summed E-state index contributed by atoms with van der Waals surface area (Å²) in [6.07, 6.45) is 1.59. The van der Waals surface area contributed by atoms with Crippen LogP contribution in [0.15, 0.2) is 24.3 Å². The van der Waals surface area contributed by atoms with Gasteiger partial charge in [-0.3, -0.25) is 9.59 Å². The largest absolute Gasteiger partial charge is 0.383 e. The molecule has 0 aromatic heterocycles. The lowest BCUT2D eigenvalue weighted by atomic mass is 10.0. The van der Waals surface area contributed by atoms with Gasteiger partial charge in [-0.2, -0.15) is 0 Å². The standard InChI is InChI=1S/C18H27N3O3.ClH/c1-14-5-3-4-6-16(14)18(23)20-15-7-10-21(11-8-15)17(22)13-19-9-12-24-2;/h3-6,15,19H,7-13H2,1-2H3,(H,20,23);1H. The predicted molar refractivity (Wildman–Crippen MR) is 100 cm³/mol. The first-order valence-corrected chi connectivity index (χ1v) is 8.45. The fraction of sp³-hybridized carbons (Fsp3) is 0.556. The molecule has 0 radical (unpaired) electrons. The van der Waals surface area contributed by atoms with Gasteiger partial charge in [-0.25, -0.2) is 0 Å². The summed E-state index contributed by atoms with van der Waals surface area (Å²) in [5, 5.41) is 6.15. The number of benzene rings is 1. The second kappa shape index (κ2) is 11.1. The second-order valence-corrected chi connectivity index (χ2v) is 6.11. The van der Waals surface area contributed by atoms with Gasteiger partial charge in [-0.05, 0) is 31.4 Å². The van der Waals surface area contributed by atoms with E-state index in [0.29, 0.717) is 32.8 Å². The molecule has 0 bridgehead atoms. The monoisotopic (exact) mass is 369 g/mol. The van der Waals surface area contributed by atoms with Crippen molar-refractivity contribution >= 4 is 24.2 Å². The van der Waals surface area contributed by atoms with Gasteiger partial charge in [0.25, 0.3) is 5.91 Å². The molecule has 2 rings (SSSR count). The molecule has 7 heteroatoms. The van der Waals surface area contributed by atoms with Crippen LogP contribution in [-0.2, 0) is 9.53 Å². The van der Waals surface area contributed by atoms with Crippen LogP contribution in [0.4, 0.5) is 0 Å². The van der Waals surface area contributed by atoms with Gasteiger partial charge in [0, 0.05) is 38.3 Å². The first-order chi connectivity index (χ1) is 11.6. The number of carbonyl (C=O) groups excluding carboxylic acids is 2. The number of amides is 2. The van der Waals surface area contributed by atoms with Crippen molar-refractivity contribution < 1.29 is 14.3 Å². The summed E-state index contributed by atoms with van der Waals surface area (Å²) in [7, 11) is 1.64. The fourth-order valence-electron chi connectivity index (χ4n) is 2.85. The van der Waals surface area contributed by atoms with Crippen molar-refractivity contribution in [1.29, 1.82) is 0 Å². The Kier molecular flexibility index (Phi) is 9.49. The zero-order valence-electron chi connectivity index (χ0n) is 14.9. The minimum atomic E-state index is -0.0286. The van der Waals surface area contributed by atoms with Gasteiger partial charge in [-0.15, -0.1) is 12.4 Å². The van der Waals surface area contributed by atoms with E-state index in [1.165, 1.54) is 0 Å². The Morgan fingerprint density at radius 1 is 1.24 bits per heavy atom. The quantitative estimate of drug-likeness (QED) is 0.712. The number of halogens is 1. The van der Waals surface area contributed by atoms with Crippen LogP contribution in [0, 0.1) is 6.92 Å². The number of hydrogen-bond acceptors (Lipinski definition) is 4. The van der Waals surface area contributed by atoms with E-state index in [0.717, 1.165) is 24.0 Å². The molecular weight excluding hydrogens is 342 g/mol. The molecule has 1 aromatic rings. The number of aryl methyl sites for hydroxylation is 1. The van der Waals surface area contributed by atoms with E-state index in [1.54, 1.807) is 7.11 Å². The number of ether oxygens (including phenoxy) is 1. The maximum Gasteiger partial charge on any atom is 0.251 e. The lowest BCUT2D eigenvalue weighted by molar-refractivity contribution is -0.131. The first kappa shape index (κ1) is 21.4. The van der Waals surface area contributed by atoms with Gasteiger partial charge in [0.15, 0.2) is 0 Å². The van der Waals surface area contributed by atoms with Crippen LogP contribution in [0.3, 0.4) is 0 Å². The second-order valence-electron chi connectivity index (χ2n) is 6.11. The average molecular weight is 370 g/mol. The molecule has 25 heavy (non-hydrogen) atoms. The van der Waals surface area contributed by atoms with Crippen LogP contribution in [0.1, 0.15) is 28.8 Å². The predicted octanol–water partition coefficient (Wildman–Crippen LogP) is 1.37. The molecule has 1 heterocycles. The molecule has 1 fully saturated rings. The molecule has 1 aromatic carbocycles. The Hall–Kier alpha value is -1.63. The molecule has 1 saturated heterocycles. The number of nitrogens with zero attached hydrogens (tertiary/aromatic N) is 1. The van der Waals surface area contributed by atoms with Gasteiger partial charge >= 0.3 is 0 Å². The van der Waals surface area contributed by atoms with E-state index in [1.807, 2.05) is 36.1 Å². The molecule has 2 amide bonds. The van der Waals surface area contributed by atoms with Crippen molar-refractivity contribution in [2.75, 3.05) is 39.9 Å². The van der Waals surface area contributed by atoms with Crippen molar-refractivity contribution in [2.24, 2.45) is 0 Å². The van der Waals surface area contributed by atoms with Crippen LogP contribution in [0.5, 0.6) is 0 Å². The molecule has 0 unspecified atom stereocenters. The SMILES string of the molecule is COCCNCC(=O)N1CCC(NC(=O)c2ccccc2C)CC1.Cl. The highest BCUT2D eigenvalue weighted by molar-refractivity contribution is 5.95. The molecule has 0 saturated carbocycles. The highest BCUT2D eigenvalue weighted by atomic mass is 35.5. The molecule has 140 valence electrons. The van der Waals surface area contributed by atoms with Gasteiger partial charge in [-0.1, -0.05) is 18.2 Å². The van der Waals surface area contributed by atoms with Crippen molar-refractivity contribution in [1.82, 2.24) is 15.5 Å². The van der Waals surface area contributed by atoms with E-state index in [2.05, 4.69) is 10.6 Å². The molecular formula is C18H28ClN3O3. The van der Waals surface area contributed by atoms with Crippen molar-refractivity contribution in [2.45, 2.75) is 25.8 Å². The van der Waals surface area contributed by atoms with Crippen LogP contribution >= 0.6 is 12.4 Å². The number of piperidine rings is 1. The minimum absolute atomic E-state index is 0. The fourth-order valence-corrected chi connectivity index (χ4v) is 2.85. The van der Waals surface area contributed by atoms with Crippen LogP contribution in [-0.4, -0.2) is 62.7 Å². The number of carbonyl (C=O) groups is 2. The van der Waals surface area contributed by atoms with Crippen molar-refractivity contribution in [3.8, 4) is 0 Å². The third kappa shape index (κ3) is 6.65. The summed E-state index contributed by atoms with van der Waals surface area (Å²) in [4.78, 5) is 26.3. The summed E-state index contributed by atoms with van der Waals surface area (Å²) in [6.45, 7) is 4.91. The molecule has 1 aliphatic heterocycles. The number of hydrogen-bond donors (Lipinski definition) is 2.